The molecule has 24 heavy (non-hydrogen) atoms. The topological polar surface area (TPSA) is 130 Å². The van der Waals surface area contributed by atoms with Crippen LogP contribution in [-0.4, -0.2) is 45.3 Å². The number of aliphatic carboxylic acids is 1. The second kappa shape index (κ2) is 5.93. The van der Waals surface area contributed by atoms with Gasteiger partial charge in [0.15, 0.2) is 5.54 Å². The maximum Gasteiger partial charge on any atom is 0.331 e. The van der Waals surface area contributed by atoms with E-state index in [9.17, 15) is 24.3 Å². The molecule has 0 radical (unpaired) electrons. The molecule has 126 valence electrons. The normalized spacial score (nSPS) is 20.2. The van der Waals surface area contributed by atoms with Crippen molar-refractivity contribution in [2.75, 3.05) is 13.2 Å². The Morgan fingerprint density at radius 3 is 2.75 bits per heavy atom. The zero-order valence-corrected chi connectivity index (χ0v) is 12.6. The van der Waals surface area contributed by atoms with Crippen LogP contribution in [-0.2, 0) is 20.9 Å². The monoisotopic (exact) mass is 333 g/mol. The Labute approximate surface area is 134 Å². The number of aromatic amines is 1. The molecule has 3 N–H and O–H groups in total. The summed E-state index contributed by atoms with van der Waals surface area (Å²) in [5.74, 6) is -1.96. The molecule has 9 heteroatoms. The highest BCUT2D eigenvalue weighted by atomic mass is 16.5. The molecule has 1 aromatic carbocycles. The first kappa shape index (κ1) is 15.9. The average Bonchev–Trinajstić information content (AvgIpc) is 3.01. The molecule has 1 aliphatic rings. The van der Waals surface area contributed by atoms with Crippen molar-refractivity contribution >= 4 is 22.8 Å². The summed E-state index contributed by atoms with van der Waals surface area (Å²) in [4.78, 5) is 50.5. The third-order valence-corrected chi connectivity index (χ3v) is 4.00. The fourth-order valence-electron chi connectivity index (χ4n) is 2.68. The van der Waals surface area contributed by atoms with Gasteiger partial charge < -0.3 is 20.1 Å². The molecule has 1 fully saturated rings. The van der Waals surface area contributed by atoms with Gasteiger partial charge in [0, 0.05) is 13.0 Å². The van der Waals surface area contributed by atoms with Gasteiger partial charge in [-0.05, 0) is 12.1 Å². The van der Waals surface area contributed by atoms with Crippen molar-refractivity contribution in [3.63, 3.8) is 0 Å². The van der Waals surface area contributed by atoms with Crippen LogP contribution in [0.15, 0.2) is 33.9 Å². The van der Waals surface area contributed by atoms with Crippen LogP contribution in [0.4, 0.5) is 0 Å². The Kier molecular flexibility index (Phi) is 3.94. The molecule has 1 atom stereocenters. The van der Waals surface area contributed by atoms with Crippen molar-refractivity contribution in [1.29, 1.82) is 0 Å². The number of carbonyl (C=O) groups is 2. The first-order valence-electron chi connectivity index (χ1n) is 7.27. The Morgan fingerprint density at radius 2 is 2.08 bits per heavy atom. The largest absolute Gasteiger partial charge is 0.479 e. The number of rotatable bonds is 4. The number of H-pyrrole nitrogens is 1. The first-order valence-corrected chi connectivity index (χ1v) is 7.27. The Balaban J connectivity index is 1.90. The summed E-state index contributed by atoms with van der Waals surface area (Å²) in [6.45, 7) is -0.520. The highest BCUT2D eigenvalue weighted by molar-refractivity contribution is 5.87. The Bertz CT molecular complexity index is 923. The van der Waals surface area contributed by atoms with Gasteiger partial charge in [0.2, 0.25) is 5.91 Å². The van der Waals surface area contributed by atoms with Gasteiger partial charge in [-0.25, -0.2) is 9.59 Å². The maximum atomic E-state index is 12.4. The average molecular weight is 333 g/mol. The summed E-state index contributed by atoms with van der Waals surface area (Å²) in [7, 11) is 0. The van der Waals surface area contributed by atoms with Crippen LogP contribution in [0, 0.1) is 0 Å². The summed E-state index contributed by atoms with van der Waals surface area (Å²) < 4.78 is 5.79. The number of hydrogen-bond acceptors (Lipinski definition) is 5. The van der Waals surface area contributed by atoms with Gasteiger partial charge in [-0.1, -0.05) is 12.1 Å². The summed E-state index contributed by atoms with van der Waals surface area (Å²) >= 11 is 0. The lowest BCUT2D eigenvalue weighted by Crippen LogP contribution is -2.56. The van der Waals surface area contributed by atoms with E-state index < -0.39 is 35.2 Å². The molecule has 9 nitrogen and oxygen atoms in total. The lowest BCUT2D eigenvalue weighted by atomic mass is 9.99. The summed E-state index contributed by atoms with van der Waals surface area (Å²) in [5.41, 5.74) is -2.50. The van der Waals surface area contributed by atoms with E-state index in [0.29, 0.717) is 5.52 Å². The zero-order chi connectivity index (χ0) is 17.3. The zero-order valence-electron chi connectivity index (χ0n) is 12.6. The number of para-hydroxylation sites is 1. The van der Waals surface area contributed by atoms with Crippen molar-refractivity contribution in [3.05, 3.63) is 45.1 Å². The minimum atomic E-state index is -1.52. The van der Waals surface area contributed by atoms with E-state index >= 15 is 0 Å². The lowest BCUT2D eigenvalue weighted by Gasteiger charge is -2.23. The first-order chi connectivity index (χ1) is 11.4. The second-order valence-electron chi connectivity index (χ2n) is 5.61. The summed E-state index contributed by atoms with van der Waals surface area (Å²) in [5, 5.41) is 11.9. The number of amides is 1. The van der Waals surface area contributed by atoms with E-state index in [1.807, 2.05) is 0 Å². The minimum absolute atomic E-state index is 0.122. The van der Waals surface area contributed by atoms with Crippen molar-refractivity contribution in [2.45, 2.75) is 18.5 Å². The van der Waals surface area contributed by atoms with Gasteiger partial charge in [-0.15, -0.1) is 0 Å². The lowest BCUT2D eigenvalue weighted by molar-refractivity contribution is -0.147. The van der Waals surface area contributed by atoms with Gasteiger partial charge in [-0.3, -0.25) is 14.2 Å². The molecule has 2 heterocycles. The van der Waals surface area contributed by atoms with Gasteiger partial charge in [0.1, 0.15) is 6.54 Å². The van der Waals surface area contributed by atoms with E-state index in [-0.39, 0.29) is 25.0 Å². The molecule has 0 spiro atoms. The number of carboxylic acids is 1. The summed E-state index contributed by atoms with van der Waals surface area (Å²) in [6.07, 6.45) is 0.122. The molecule has 1 aromatic heterocycles. The van der Waals surface area contributed by atoms with Crippen LogP contribution in [0.5, 0.6) is 0 Å². The third-order valence-electron chi connectivity index (χ3n) is 4.00. The standard InChI is InChI=1S/C15H15N3O6/c19-11(17-15(13(21)22)5-6-24-8-15)7-18-12(20)9-3-1-2-4-10(9)16-14(18)23/h1-4H,5-8H2,(H,16,23)(H,17,19)(H,21,22). The van der Waals surface area contributed by atoms with Crippen LogP contribution in [0.2, 0.25) is 0 Å². The highest BCUT2D eigenvalue weighted by Gasteiger charge is 2.43. The van der Waals surface area contributed by atoms with E-state index in [1.54, 1.807) is 18.2 Å². The van der Waals surface area contributed by atoms with Crippen LogP contribution in [0.25, 0.3) is 10.9 Å². The van der Waals surface area contributed by atoms with Gasteiger partial charge in [-0.2, -0.15) is 0 Å². The second-order valence-corrected chi connectivity index (χ2v) is 5.61. The molecule has 0 saturated carbocycles. The highest BCUT2D eigenvalue weighted by Crippen LogP contribution is 2.18. The smallest absolute Gasteiger partial charge is 0.331 e. The molecule has 1 amide bonds. The van der Waals surface area contributed by atoms with Crippen molar-refractivity contribution < 1.29 is 19.4 Å². The maximum absolute atomic E-state index is 12.4. The quantitative estimate of drug-likeness (QED) is 0.661. The van der Waals surface area contributed by atoms with Crippen LogP contribution in [0.3, 0.4) is 0 Å². The molecule has 0 bridgehead atoms. The number of ether oxygens (including phenoxy) is 1. The number of nitrogens with one attached hydrogen (secondary N) is 2. The molecule has 0 aliphatic carbocycles. The van der Waals surface area contributed by atoms with Crippen LogP contribution >= 0.6 is 0 Å². The Morgan fingerprint density at radius 1 is 1.33 bits per heavy atom. The van der Waals surface area contributed by atoms with Crippen molar-refractivity contribution in [2.24, 2.45) is 0 Å². The fourth-order valence-corrected chi connectivity index (χ4v) is 2.68. The SMILES string of the molecule is O=C(Cn1c(=O)[nH]c2ccccc2c1=O)NC1(C(=O)O)CCOC1. The molecule has 1 unspecified atom stereocenters. The predicted molar refractivity (Wildman–Crippen MR) is 82.8 cm³/mol. The molecule has 3 rings (SSSR count). The molecule has 1 saturated heterocycles. The molecule has 2 aromatic rings. The minimum Gasteiger partial charge on any atom is -0.479 e. The number of fused-ring (bicyclic) bond motifs is 1. The van der Waals surface area contributed by atoms with Gasteiger partial charge >= 0.3 is 11.7 Å². The van der Waals surface area contributed by atoms with Crippen LogP contribution in [0.1, 0.15) is 6.42 Å². The number of aromatic nitrogens is 2. The van der Waals surface area contributed by atoms with E-state index in [1.165, 1.54) is 6.07 Å². The molecular formula is C15H15N3O6. The van der Waals surface area contributed by atoms with E-state index in [2.05, 4.69) is 10.3 Å². The third kappa shape index (κ3) is 2.69. The predicted octanol–water partition coefficient (Wildman–Crippen LogP) is -0.950. The van der Waals surface area contributed by atoms with Gasteiger partial charge in [0.25, 0.3) is 5.56 Å². The Hall–Kier alpha value is -2.94. The number of benzene rings is 1. The number of nitrogens with zero attached hydrogens (tertiary/aromatic N) is 1. The van der Waals surface area contributed by atoms with Crippen molar-refractivity contribution in [1.82, 2.24) is 14.9 Å². The number of carbonyl (C=O) groups excluding carboxylic acids is 1. The van der Waals surface area contributed by atoms with Crippen molar-refractivity contribution in [3.8, 4) is 0 Å². The fraction of sp³-hybridized carbons (Fsp3) is 0.333. The molecular weight excluding hydrogens is 318 g/mol. The van der Waals surface area contributed by atoms with Crippen LogP contribution < -0.4 is 16.6 Å². The number of hydrogen-bond donors (Lipinski definition) is 3. The summed E-state index contributed by atoms with van der Waals surface area (Å²) in [6, 6.07) is 6.43. The van der Waals surface area contributed by atoms with E-state index in [0.717, 1.165) is 4.57 Å². The number of carboxylic acid groups (broad SMARTS) is 1. The molecule has 1 aliphatic heterocycles. The van der Waals surface area contributed by atoms with E-state index in [4.69, 9.17) is 4.74 Å². The van der Waals surface area contributed by atoms with Gasteiger partial charge in [0.05, 0.1) is 17.5 Å².